The molecule has 2 nitrogen and oxygen atoms in total. The van der Waals surface area contributed by atoms with E-state index in [0.29, 0.717) is 0 Å². The highest BCUT2D eigenvalue weighted by Gasteiger charge is 2.11. The predicted octanol–water partition coefficient (Wildman–Crippen LogP) is 3.48. The Hall–Kier alpha value is -1.02. The first-order valence-corrected chi connectivity index (χ1v) is 7.10. The van der Waals surface area contributed by atoms with Gasteiger partial charge in [-0.25, -0.2) is 0 Å². The Balaban J connectivity index is 1.79. The van der Waals surface area contributed by atoms with Crippen LogP contribution >= 0.6 is 0 Å². The zero-order chi connectivity index (χ0) is 13.0. The largest absolute Gasteiger partial charge is 0.493 e. The van der Waals surface area contributed by atoms with E-state index >= 15 is 0 Å². The number of benzene rings is 1. The molecule has 18 heavy (non-hydrogen) atoms. The van der Waals surface area contributed by atoms with Crippen LogP contribution in [0.3, 0.4) is 0 Å². The van der Waals surface area contributed by atoms with Crippen molar-refractivity contribution in [1.82, 2.24) is 4.90 Å². The summed E-state index contributed by atoms with van der Waals surface area (Å²) in [5, 5.41) is 0. The van der Waals surface area contributed by atoms with Gasteiger partial charge in [0.15, 0.2) is 0 Å². The summed E-state index contributed by atoms with van der Waals surface area (Å²) < 4.78 is 5.96. The van der Waals surface area contributed by atoms with Gasteiger partial charge in [0.2, 0.25) is 0 Å². The Bertz CT molecular complexity index is 371. The van der Waals surface area contributed by atoms with Crippen LogP contribution in [-0.4, -0.2) is 31.1 Å². The van der Waals surface area contributed by atoms with Gasteiger partial charge in [0, 0.05) is 6.54 Å². The number of aryl methyl sites for hydroxylation is 3. The van der Waals surface area contributed by atoms with Crippen LogP contribution in [0.15, 0.2) is 12.1 Å². The molecule has 1 aromatic rings. The lowest BCUT2D eigenvalue weighted by Crippen LogP contribution is -2.22. The SMILES string of the molecule is Cc1cc(C)c(OCCCN2CCCC2)c(C)c1. The van der Waals surface area contributed by atoms with Gasteiger partial charge in [-0.05, 0) is 64.3 Å². The van der Waals surface area contributed by atoms with Crippen molar-refractivity contribution in [3.63, 3.8) is 0 Å². The van der Waals surface area contributed by atoms with E-state index in [-0.39, 0.29) is 0 Å². The van der Waals surface area contributed by atoms with E-state index in [1.54, 1.807) is 0 Å². The second-order valence-corrected chi connectivity index (χ2v) is 5.48. The van der Waals surface area contributed by atoms with Crippen LogP contribution in [0.4, 0.5) is 0 Å². The first-order valence-electron chi connectivity index (χ1n) is 7.10. The second kappa shape index (κ2) is 6.24. The monoisotopic (exact) mass is 247 g/mol. The van der Waals surface area contributed by atoms with E-state index < -0.39 is 0 Å². The van der Waals surface area contributed by atoms with Crippen LogP contribution < -0.4 is 4.74 Å². The Kier molecular flexibility index (Phi) is 4.65. The zero-order valence-corrected chi connectivity index (χ0v) is 12.0. The van der Waals surface area contributed by atoms with Gasteiger partial charge < -0.3 is 9.64 Å². The Labute approximate surface area is 111 Å². The van der Waals surface area contributed by atoms with Crippen molar-refractivity contribution in [3.8, 4) is 5.75 Å². The summed E-state index contributed by atoms with van der Waals surface area (Å²) in [4.78, 5) is 2.54. The molecule has 0 aromatic heterocycles. The van der Waals surface area contributed by atoms with E-state index in [1.807, 2.05) is 0 Å². The van der Waals surface area contributed by atoms with Gasteiger partial charge in [-0.2, -0.15) is 0 Å². The topological polar surface area (TPSA) is 12.5 Å². The van der Waals surface area contributed by atoms with E-state index in [4.69, 9.17) is 4.74 Å². The Morgan fingerprint density at radius 3 is 2.28 bits per heavy atom. The fourth-order valence-electron chi connectivity index (χ4n) is 2.86. The molecule has 0 amide bonds. The average molecular weight is 247 g/mol. The summed E-state index contributed by atoms with van der Waals surface area (Å²) in [5.41, 5.74) is 3.83. The highest BCUT2D eigenvalue weighted by Crippen LogP contribution is 2.24. The quantitative estimate of drug-likeness (QED) is 0.739. The Morgan fingerprint density at radius 2 is 1.67 bits per heavy atom. The lowest BCUT2D eigenvalue weighted by molar-refractivity contribution is 0.261. The summed E-state index contributed by atoms with van der Waals surface area (Å²) in [6.45, 7) is 11.0. The highest BCUT2D eigenvalue weighted by molar-refractivity contribution is 5.42. The van der Waals surface area contributed by atoms with Crippen LogP contribution in [0.5, 0.6) is 5.75 Å². The summed E-state index contributed by atoms with van der Waals surface area (Å²) in [6, 6.07) is 4.39. The highest BCUT2D eigenvalue weighted by atomic mass is 16.5. The minimum absolute atomic E-state index is 0.835. The van der Waals surface area contributed by atoms with Crippen LogP contribution in [0.1, 0.15) is 36.0 Å². The minimum Gasteiger partial charge on any atom is -0.493 e. The molecule has 2 heteroatoms. The molecule has 1 heterocycles. The molecule has 1 aliphatic rings. The molecule has 0 bridgehead atoms. The molecule has 1 fully saturated rings. The third kappa shape index (κ3) is 3.49. The maximum absolute atomic E-state index is 5.96. The Morgan fingerprint density at radius 1 is 1.06 bits per heavy atom. The van der Waals surface area contributed by atoms with E-state index in [9.17, 15) is 0 Å². The second-order valence-electron chi connectivity index (χ2n) is 5.48. The van der Waals surface area contributed by atoms with Crippen LogP contribution in [0.2, 0.25) is 0 Å². The van der Waals surface area contributed by atoms with Crippen molar-refractivity contribution in [3.05, 3.63) is 28.8 Å². The number of likely N-dealkylation sites (tertiary alicyclic amines) is 1. The zero-order valence-electron chi connectivity index (χ0n) is 12.0. The van der Waals surface area contributed by atoms with Crippen LogP contribution in [0, 0.1) is 20.8 Å². The molecule has 1 saturated heterocycles. The van der Waals surface area contributed by atoms with Gasteiger partial charge in [-0.3, -0.25) is 0 Å². The number of hydrogen-bond donors (Lipinski definition) is 0. The summed E-state index contributed by atoms with van der Waals surface area (Å²) >= 11 is 0. The molecule has 0 N–H and O–H groups in total. The van der Waals surface area contributed by atoms with Crippen molar-refractivity contribution < 1.29 is 4.74 Å². The predicted molar refractivity (Wildman–Crippen MR) is 76.4 cm³/mol. The number of nitrogens with zero attached hydrogens (tertiary/aromatic N) is 1. The molecular weight excluding hydrogens is 222 g/mol. The number of ether oxygens (including phenoxy) is 1. The van der Waals surface area contributed by atoms with Gasteiger partial charge in [-0.1, -0.05) is 17.7 Å². The fourth-order valence-corrected chi connectivity index (χ4v) is 2.86. The summed E-state index contributed by atoms with van der Waals surface area (Å²) in [6.07, 6.45) is 3.88. The van der Waals surface area contributed by atoms with E-state index in [2.05, 4.69) is 37.8 Å². The third-order valence-corrected chi connectivity index (χ3v) is 3.67. The smallest absolute Gasteiger partial charge is 0.125 e. The molecule has 100 valence electrons. The molecule has 0 atom stereocenters. The van der Waals surface area contributed by atoms with Crippen molar-refractivity contribution in [1.29, 1.82) is 0 Å². The van der Waals surface area contributed by atoms with Crippen molar-refractivity contribution in [2.45, 2.75) is 40.0 Å². The fraction of sp³-hybridized carbons (Fsp3) is 0.625. The van der Waals surface area contributed by atoms with Crippen molar-refractivity contribution in [2.75, 3.05) is 26.2 Å². The third-order valence-electron chi connectivity index (χ3n) is 3.67. The molecule has 0 saturated carbocycles. The van der Waals surface area contributed by atoms with Gasteiger partial charge >= 0.3 is 0 Å². The number of hydrogen-bond acceptors (Lipinski definition) is 2. The first kappa shape index (κ1) is 13.4. The summed E-state index contributed by atoms with van der Waals surface area (Å²) in [5.74, 6) is 1.09. The maximum atomic E-state index is 5.96. The average Bonchev–Trinajstić information content (AvgIpc) is 2.79. The molecule has 2 rings (SSSR count). The molecule has 0 aliphatic carbocycles. The maximum Gasteiger partial charge on any atom is 0.125 e. The molecule has 1 aromatic carbocycles. The molecule has 1 aliphatic heterocycles. The first-order chi connectivity index (χ1) is 8.66. The van der Waals surface area contributed by atoms with Crippen LogP contribution in [0.25, 0.3) is 0 Å². The van der Waals surface area contributed by atoms with Gasteiger partial charge in [0.25, 0.3) is 0 Å². The lowest BCUT2D eigenvalue weighted by Gasteiger charge is -2.16. The van der Waals surface area contributed by atoms with Gasteiger partial charge in [0.05, 0.1) is 6.61 Å². The lowest BCUT2D eigenvalue weighted by atomic mass is 10.1. The van der Waals surface area contributed by atoms with Crippen molar-refractivity contribution >= 4 is 0 Å². The molecule has 0 radical (unpaired) electrons. The standard InChI is InChI=1S/C16H25NO/c1-13-11-14(2)16(15(3)12-13)18-10-6-9-17-7-4-5-8-17/h11-12H,4-10H2,1-3H3. The molecular formula is C16H25NO. The normalized spacial score (nSPS) is 16.2. The van der Waals surface area contributed by atoms with E-state index in [0.717, 1.165) is 18.8 Å². The molecule has 0 unspecified atom stereocenters. The van der Waals surface area contributed by atoms with E-state index in [1.165, 1.54) is 49.2 Å². The van der Waals surface area contributed by atoms with Gasteiger partial charge in [0.1, 0.15) is 5.75 Å². The summed E-state index contributed by atoms with van der Waals surface area (Å²) in [7, 11) is 0. The van der Waals surface area contributed by atoms with Crippen molar-refractivity contribution in [2.24, 2.45) is 0 Å². The van der Waals surface area contributed by atoms with Crippen LogP contribution in [-0.2, 0) is 0 Å². The number of rotatable bonds is 5. The molecule has 0 spiro atoms. The minimum atomic E-state index is 0.835. The van der Waals surface area contributed by atoms with Gasteiger partial charge in [-0.15, -0.1) is 0 Å².